The summed E-state index contributed by atoms with van der Waals surface area (Å²) in [6.45, 7) is 8.46. The Bertz CT molecular complexity index is 4440. The summed E-state index contributed by atoms with van der Waals surface area (Å²) >= 11 is 0. The molecule has 0 aliphatic carbocycles. The zero-order valence-corrected chi connectivity index (χ0v) is 47.7. The number of aromatic nitrogens is 4. The molecule has 12 rings (SSSR count). The van der Waals surface area contributed by atoms with Gasteiger partial charge in [-0.3, -0.25) is 13.8 Å². The number of fused-ring (bicyclic) bond motifs is 4. The summed E-state index contributed by atoms with van der Waals surface area (Å²) in [6.07, 6.45) is 0.905. The van der Waals surface area contributed by atoms with Crippen molar-refractivity contribution in [3.8, 4) is 61.8 Å². The molecule has 0 radical (unpaired) electrons. The normalized spacial score (nSPS) is 13.5. The molecule has 8 heteroatoms. The first-order valence-corrected chi connectivity index (χ1v) is 26.2. The number of imidazole rings is 1. The van der Waals surface area contributed by atoms with Gasteiger partial charge in [0.25, 0.3) is 0 Å². The number of para-hydroxylation sites is 3. The molecule has 0 unspecified atom stereocenters. The predicted octanol–water partition coefficient (Wildman–Crippen LogP) is 19.6. The van der Waals surface area contributed by atoms with E-state index in [0.717, 1.165) is 55.6 Å². The third kappa shape index (κ3) is 12.5. The van der Waals surface area contributed by atoms with Crippen LogP contribution < -0.4 is 0 Å². The largest absolute Gasteiger partial charge is 3.00 e. The minimum absolute atomic E-state index is 0. The van der Waals surface area contributed by atoms with Gasteiger partial charge >= 0.3 is 20.1 Å². The zero-order chi connectivity index (χ0) is 63.0. The number of hydrogen-bond acceptors (Lipinski definition) is 4. The number of hydrogen-bond donors (Lipinski definition) is 0. The molecule has 0 atom stereocenters. The molecule has 80 heavy (non-hydrogen) atoms. The van der Waals surface area contributed by atoms with Gasteiger partial charge in [0.1, 0.15) is 5.58 Å². The molecular formula is C72H63F2IrN4O. The van der Waals surface area contributed by atoms with Crippen LogP contribution in [0.15, 0.2) is 199 Å². The van der Waals surface area contributed by atoms with Crippen LogP contribution in [-0.2, 0) is 26.5 Å². The van der Waals surface area contributed by atoms with Crippen molar-refractivity contribution in [2.45, 2.75) is 80.4 Å². The molecule has 0 fully saturated rings. The van der Waals surface area contributed by atoms with Crippen LogP contribution >= 0.6 is 0 Å². The van der Waals surface area contributed by atoms with E-state index in [2.05, 4.69) is 84.7 Å². The van der Waals surface area contributed by atoms with Crippen LogP contribution in [0.3, 0.4) is 0 Å². The molecule has 5 nitrogen and oxygen atoms in total. The van der Waals surface area contributed by atoms with Crippen LogP contribution in [0.4, 0.5) is 8.78 Å². The Morgan fingerprint density at radius 1 is 0.650 bits per heavy atom. The second-order valence-electron chi connectivity index (χ2n) is 20.9. The van der Waals surface area contributed by atoms with Crippen molar-refractivity contribution >= 4 is 33.0 Å². The van der Waals surface area contributed by atoms with E-state index in [1.807, 2.05) is 91.0 Å². The van der Waals surface area contributed by atoms with Gasteiger partial charge in [-0.25, -0.2) is 0 Å². The van der Waals surface area contributed by atoms with Gasteiger partial charge in [-0.05, 0) is 123 Å². The van der Waals surface area contributed by atoms with Gasteiger partial charge in [0.05, 0.1) is 23.8 Å². The van der Waals surface area contributed by atoms with Crippen molar-refractivity contribution in [1.82, 2.24) is 19.5 Å². The minimum Gasteiger partial charge on any atom is -0.501 e. The van der Waals surface area contributed by atoms with Crippen molar-refractivity contribution in [3.63, 3.8) is 0 Å². The van der Waals surface area contributed by atoms with Gasteiger partial charge in [-0.1, -0.05) is 169 Å². The second kappa shape index (κ2) is 24.5. The van der Waals surface area contributed by atoms with E-state index in [9.17, 15) is 8.78 Å². The van der Waals surface area contributed by atoms with E-state index in [1.54, 1.807) is 45.2 Å². The first-order valence-electron chi connectivity index (χ1n) is 30.7. The van der Waals surface area contributed by atoms with Gasteiger partial charge in [-0.2, -0.15) is 0 Å². The van der Waals surface area contributed by atoms with E-state index in [1.165, 1.54) is 65.5 Å². The standard InChI is InChI=1S/C36H32NO.C25H24FN2.C11H7FN.Ir/c1-23-18-25(21-36(3,4)5)14-16-28(23)32-20-33(37-22-24(32)2)31-13-9-12-30-29-17-15-27(19-34(29)38-35(30)31)26-10-7-6-8-11-26;1-16(2)20-8-7-9-21(17(3)4)24(20)28-23-11-6-5-10-22(23)27-25(28)18-12-14-19(26)15-13-18;12-10-6-4-9(5-7-10)11-3-1-2-8-13-11;/h6-12,14-20,22H,21H2,1-5H3;5-12,14-17H,1-4H3;1-4,6-8H;/q3*-1;+3/i1D3,2D3,16D,21D2;;;. The molecule has 12 aromatic rings. The Morgan fingerprint density at radius 2 is 1.35 bits per heavy atom. The van der Waals surface area contributed by atoms with Crippen molar-refractivity contribution in [2.75, 3.05) is 0 Å². The average Bonchev–Trinajstić information content (AvgIpc) is 1.77. The van der Waals surface area contributed by atoms with Gasteiger partial charge in [0.2, 0.25) is 0 Å². The maximum atomic E-state index is 13.5. The van der Waals surface area contributed by atoms with E-state index in [-0.39, 0.29) is 71.3 Å². The quantitative estimate of drug-likeness (QED) is 0.135. The first-order chi connectivity index (χ1) is 41.7. The van der Waals surface area contributed by atoms with E-state index in [4.69, 9.17) is 21.7 Å². The maximum Gasteiger partial charge on any atom is 3.00 e. The molecular weight excluding hydrogens is 1170 g/mol. The number of benzene rings is 8. The number of pyridine rings is 2. The van der Waals surface area contributed by atoms with E-state index >= 15 is 0 Å². The number of furan rings is 1. The Hall–Kier alpha value is -8.16. The fourth-order valence-corrected chi connectivity index (χ4v) is 9.60. The molecule has 4 heterocycles. The third-order valence-electron chi connectivity index (χ3n) is 13.3. The fourth-order valence-electron chi connectivity index (χ4n) is 9.60. The number of nitrogens with zero attached hydrogens (tertiary/aromatic N) is 4. The van der Waals surface area contributed by atoms with Crippen LogP contribution in [0, 0.1) is 49.0 Å². The summed E-state index contributed by atoms with van der Waals surface area (Å²) < 4.78 is 111. The summed E-state index contributed by atoms with van der Waals surface area (Å²) in [4.78, 5) is 13.5. The molecule has 400 valence electrons. The minimum atomic E-state index is -2.79. The van der Waals surface area contributed by atoms with Crippen LogP contribution in [-0.4, -0.2) is 19.5 Å². The van der Waals surface area contributed by atoms with E-state index in [0.29, 0.717) is 28.6 Å². The molecule has 4 aromatic heterocycles. The van der Waals surface area contributed by atoms with Gasteiger partial charge in [0.15, 0.2) is 0 Å². The summed E-state index contributed by atoms with van der Waals surface area (Å²) in [7, 11) is 0. The smallest absolute Gasteiger partial charge is 0.501 e. The molecule has 8 aromatic carbocycles. The van der Waals surface area contributed by atoms with Crippen molar-refractivity contribution < 1.29 is 45.6 Å². The summed E-state index contributed by atoms with van der Waals surface area (Å²) in [5.41, 5.74) is 10.4. The molecule has 0 bridgehead atoms. The van der Waals surface area contributed by atoms with Gasteiger partial charge < -0.3 is 19.0 Å². The maximum absolute atomic E-state index is 13.5. The summed E-state index contributed by atoms with van der Waals surface area (Å²) in [5.74, 6) is 0.938. The molecule has 0 amide bonds. The van der Waals surface area contributed by atoms with E-state index < -0.39 is 25.5 Å². The number of rotatable bonds is 9. The zero-order valence-electron chi connectivity index (χ0n) is 54.3. The van der Waals surface area contributed by atoms with Crippen molar-refractivity contribution in [2.24, 2.45) is 5.41 Å². The SMILES string of the molecule is CC(C)c1cccc(C(C)C)c1-n1c(-c2[c-]cc(F)cc2)nc2ccccc21.Fc1c[c-]c(-c2ccccn2)cc1.[2H]c1cc(C([2H])([2H])C(C)(C)C)cc(C([2H])([2H])[2H])c1-c1cc(-c2[c-]ccc3c2oc2cc(-c4ccccc4)ccc23)ncc1C([2H])([2H])[2H].[Ir+3]. The Morgan fingerprint density at radius 3 is 2.01 bits per heavy atom. The van der Waals surface area contributed by atoms with Gasteiger partial charge in [0, 0.05) is 46.1 Å². The summed E-state index contributed by atoms with van der Waals surface area (Å²) in [6, 6.07) is 61.4. The van der Waals surface area contributed by atoms with Crippen molar-refractivity contribution in [3.05, 3.63) is 252 Å². The first kappa shape index (κ1) is 45.7. The fraction of sp³-hybridized carbons (Fsp3) is 0.181. The molecule has 0 saturated carbocycles. The Balaban J connectivity index is 0.000000187. The predicted molar refractivity (Wildman–Crippen MR) is 321 cm³/mol. The van der Waals surface area contributed by atoms with Crippen LogP contribution in [0.1, 0.15) is 100 Å². The number of halogens is 2. The van der Waals surface area contributed by atoms with Gasteiger partial charge in [-0.15, -0.1) is 77.9 Å². The molecule has 0 aliphatic heterocycles. The van der Waals surface area contributed by atoms with Crippen molar-refractivity contribution in [1.29, 1.82) is 0 Å². The average molecular weight is 1240 g/mol. The molecule has 0 spiro atoms. The topological polar surface area (TPSA) is 56.7 Å². The second-order valence-corrected chi connectivity index (χ2v) is 20.9. The van der Waals surface area contributed by atoms with Crippen LogP contribution in [0.5, 0.6) is 0 Å². The third-order valence-corrected chi connectivity index (χ3v) is 13.3. The Kier molecular flexibility index (Phi) is 14.0. The van der Waals surface area contributed by atoms with Crippen LogP contribution in [0.25, 0.3) is 94.8 Å². The molecule has 0 N–H and O–H groups in total. The monoisotopic (exact) mass is 1240 g/mol. The Labute approximate surface area is 495 Å². The van der Waals surface area contributed by atoms with Crippen LogP contribution in [0.2, 0.25) is 0 Å². The molecule has 0 aliphatic rings. The summed E-state index contributed by atoms with van der Waals surface area (Å²) in [5, 5.41) is 1.67. The number of aryl methyl sites for hydroxylation is 2. The molecule has 0 saturated heterocycles.